The van der Waals surface area contributed by atoms with Crippen molar-refractivity contribution >= 4 is 17.3 Å². The van der Waals surface area contributed by atoms with E-state index in [9.17, 15) is 0 Å². The summed E-state index contributed by atoms with van der Waals surface area (Å²) < 4.78 is 5.22. The fraction of sp³-hybridized carbons (Fsp3) is 0.571. The second-order valence-corrected chi connectivity index (χ2v) is 5.37. The summed E-state index contributed by atoms with van der Waals surface area (Å²) in [6, 6.07) is 6.46. The van der Waals surface area contributed by atoms with Crippen LogP contribution in [0.15, 0.2) is 18.2 Å². The molecule has 3 heteroatoms. The van der Waals surface area contributed by atoms with E-state index in [2.05, 4.69) is 12.2 Å². The van der Waals surface area contributed by atoms with Crippen LogP contribution in [0.3, 0.4) is 0 Å². The Balaban J connectivity index is 2.02. The van der Waals surface area contributed by atoms with Gasteiger partial charge in [0.2, 0.25) is 0 Å². The third kappa shape index (κ3) is 3.29. The van der Waals surface area contributed by atoms with E-state index in [1.165, 1.54) is 25.7 Å². The molecule has 1 aromatic rings. The molecular weight excluding hydrogens is 234 g/mol. The van der Waals surface area contributed by atoms with Gasteiger partial charge in [0.15, 0.2) is 0 Å². The maximum Gasteiger partial charge on any atom is 0.139 e. The molecule has 2 rings (SSSR count). The average molecular weight is 254 g/mol. The summed E-state index contributed by atoms with van der Waals surface area (Å²) in [5, 5.41) is 4.24. The molecule has 2 nitrogen and oxygen atoms in total. The number of benzene rings is 1. The Morgan fingerprint density at radius 3 is 2.88 bits per heavy atom. The fourth-order valence-electron chi connectivity index (χ4n) is 2.55. The van der Waals surface area contributed by atoms with Crippen molar-refractivity contribution in [2.45, 2.75) is 38.6 Å². The normalized spacial score (nSPS) is 24.4. The van der Waals surface area contributed by atoms with Gasteiger partial charge in [-0.2, -0.15) is 0 Å². The lowest BCUT2D eigenvalue weighted by Gasteiger charge is -2.28. The molecule has 0 radical (unpaired) electrons. The van der Waals surface area contributed by atoms with Crippen molar-refractivity contribution < 1.29 is 4.74 Å². The molecule has 1 aliphatic carbocycles. The Morgan fingerprint density at radius 2 is 2.18 bits per heavy atom. The Kier molecular flexibility index (Phi) is 4.16. The maximum absolute atomic E-state index is 6.01. The lowest BCUT2D eigenvalue weighted by molar-refractivity contribution is 0.358. The lowest BCUT2D eigenvalue weighted by Crippen LogP contribution is -2.26. The standard InChI is InChI=1S/C14H20ClNO/c1-10-4-3-5-11(8-10)16-12-6-7-13(15)14(9-12)17-2/h6-7,9-11,16H,3-5,8H2,1-2H3. The molecule has 17 heavy (non-hydrogen) atoms. The van der Waals surface area contributed by atoms with Crippen LogP contribution in [0.5, 0.6) is 5.75 Å². The van der Waals surface area contributed by atoms with Gasteiger partial charge >= 0.3 is 0 Å². The number of anilines is 1. The molecule has 0 aliphatic heterocycles. The number of halogens is 1. The van der Waals surface area contributed by atoms with Crippen LogP contribution in [0.25, 0.3) is 0 Å². The molecule has 0 spiro atoms. The molecule has 1 aromatic carbocycles. The number of methoxy groups -OCH3 is 1. The van der Waals surface area contributed by atoms with Crippen molar-refractivity contribution in [2.24, 2.45) is 5.92 Å². The summed E-state index contributed by atoms with van der Waals surface area (Å²) >= 11 is 6.01. The van der Waals surface area contributed by atoms with E-state index < -0.39 is 0 Å². The number of ether oxygens (including phenoxy) is 1. The van der Waals surface area contributed by atoms with Crippen molar-refractivity contribution in [3.05, 3.63) is 23.2 Å². The van der Waals surface area contributed by atoms with Crippen molar-refractivity contribution in [1.29, 1.82) is 0 Å². The van der Waals surface area contributed by atoms with Gasteiger partial charge in [0.05, 0.1) is 12.1 Å². The van der Waals surface area contributed by atoms with E-state index >= 15 is 0 Å². The topological polar surface area (TPSA) is 21.3 Å². The molecule has 0 amide bonds. The first-order chi connectivity index (χ1) is 8.19. The first kappa shape index (κ1) is 12.6. The van der Waals surface area contributed by atoms with E-state index in [1.54, 1.807) is 7.11 Å². The number of hydrogen-bond donors (Lipinski definition) is 1. The number of nitrogens with one attached hydrogen (secondary N) is 1. The number of rotatable bonds is 3. The van der Waals surface area contributed by atoms with Crippen LogP contribution in [-0.2, 0) is 0 Å². The minimum Gasteiger partial charge on any atom is -0.495 e. The zero-order valence-electron chi connectivity index (χ0n) is 10.5. The second-order valence-electron chi connectivity index (χ2n) is 4.96. The smallest absolute Gasteiger partial charge is 0.139 e. The van der Waals surface area contributed by atoms with E-state index in [0.29, 0.717) is 11.1 Å². The van der Waals surface area contributed by atoms with E-state index in [-0.39, 0.29) is 0 Å². The van der Waals surface area contributed by atoms with Crippen LogP contribution in [-0.4, -0.2) is 13.2 Å². The van der Waals surface area contributed by atoms with E-state index in [4.69, 9.17) is 16.3 Å². The van der Waals surface area contributed by atoms with Crippen molar-refractivity contribution in [3.63, 3.8) is 0 Å². The molecule has 94 valence electrons. The monoisotopic (exact) mass is 253 g/mol. The van der Waals surface area contributed by atoms with Gasteiger partial charge in [-0.1, -0.05) is 31.4 Å². The van der Waals surface area contributed by atoms with E-state index in [1.807, 2.05) is 18.2 Å². The molecule has 0 saturated heterocycles. The zero-order chi connectivity index (χ0) is 12.3. The molecule has 0 aromatic heterocycles. The molecule has 1 aliphatic rings. The summed E-state index contributed by atoms with van der Waals surface area (Å²) in [5.74, 6) is 1.57. The molecule has 2 unspecified atom stereocenters. The highest BCUT2D eigenvalue weighted by Gasteiger charge is 2.18. The Hall–Kier alpha value is -0.890. The van der Waals surface area contributed by atoms with Crippen molar-refractivity contribution in [2.75, 3.05) is 12.4 Å². The first-order valence-electron chi connectivity index (χ1n) is 6.29. The van der Waals surface area contributed by atoms with Crippen LogP contribution in [0.4, 0.5) is 5.69 Å². The second kappa shape index (κ2) is 5.63. The zero-order valence-corrected chi connectivity index (χ0v) is 11.3. The quantitative estimate of drug-likeness (QED) is 0.865. The van der Waals surface area contributed by atoms with Gasteiger partial charge in [-0.15, -0.1) is 0 Å². The maximum atomic E-state index is 6.01. The third-order valence-corrected chi connectivity index (χ3v) is 3.77. The van der Waals surface area contributed by atoms with Gasteiger partial charge in [-0.3, -0.25) is 0 Å². The molecule has 1 saturated carbocycles. The lowest BCUT2D eigenvalue weighted by atomic mass is 9.87. The van der Waals surface area contributed by atoms with Crippen molar-refractivity contribution in [3.8, 4) is 5.75 Å². The van der Waals surface area contributed by atoms with Gasteiger partial charge in [-0.25, -0.2) is 0 Å². The molecular formula is C14H20ClNO. The molecule has 0 heterocycles. The van der Waals surface area contributed by atoms with Gasteiger partial charge in [0.1, 0.15) is 5.75 Å². The minimum atomic E-state index is 0.588. The van der Waals surface area contributed by atoms with Crippen LogP contribution in [0, 0.1) is 5.92 Å². The number of hydrogen-bond acceptors (Lipinski definition) is 2. The molecule has 0 bridgehead atoms. The van der Waals surface area contributed by atoms with Crippen LogP contribution < -0.4 is 10.1 Å². The Morgan fingerprint density at radius 1 is 1.35 bits per heavy atom. The largest absolute Gasteiger partial charge is 0.495 e. The van der Waals surface area contributed by atoms with Crippen LogP contribution in [0.1, 0.15) is 32.6 Å². The summed E-state index contributed by atoms with van der Waals surface area (Å²) in [4.78, 5) is 0. The molecule has 1 N–H and O–H groups in total. The SMILES string of the molecule is COc1cc(NC2CCCC(C)C2)ccc1Cl. The summed E-state index contributed by atoms with van der Waals surface area (Å²) in [6.07, 6.45) is 5.20. The van der Waals surface area contributed by atoms with E-state index in [0.717, 1.165) is 17.4 Å². The van der Waals surface area contributed by atoms with Crippen molar-refractivity contribution in [1.82, 2.24) is 0 Å². The summed E-state index contributed by atoms with van der Waals surface area (Å²) in [5.41, 5.74) is 1.10. The Labute approximate surface area is 108 Å². The Bertz CT molecular complexity index is 380. The van der Waals surface area contributed by atoms with Crippen LogP contribution in [0.2, 0.25) is 5.02 Å². The first-order valence-corrected chi connectivity index (χ1v) is 6.67. The predicted octanol–water partition coefficient (Wildman–Crippen LogP) is 4.34. The predicted molar refractivity (Wildman–Crippen MR) is 73.0 cm³/mol. The minimum absolute atomic E-state index is 0.588. The molecule has 1 fully saturated rings. The highest BCUT2D eigenvalue weighted by Crippen LogP contribution is 2.30. The van der Waals surface area contributed by atoms with Gasteiger partial charge in [0.25, 0.3) is 0 Å². The average Bonchev–Trinajstić information content (AvgIpc) is 2.32. The highest BCUT2D eigenvalue weighted by atomic mass is 35.5. The van der Waals surface area contributed by atoms with Gasteiger partial charge in [-0.05, 0) is 30.9 Å². The summed E-state index contributed by atoms with van der Waals surface area (Å²) in [7, 11) is 1.65. The highest BCUT2D eigenvalue weighted by molar-refractivity contribution is 6.32. The van der Waals surface area contributed by atoms with Crippen LogP contribution >= 0.6 is 11.6 Å². The van der Waals surface area contributed by atoms with Gasteiger partial charge in [0, 0.05) is 17.8 Å². The molecule has 2 atom stereocenters. The van der Waals surface area contributed by atoms with Gasteiger partial charge < -0.3 is 10.1 Å². The summed E-state index contributed by atoms with van der Waals surface area (Å²) in [6.45, 7) is 2.33. The third-order valence-electron chi connectivity index (χ3n) is 3.46. The fourth-order valence-corrected chi connectivity index (χ4v) is 2.75.